The summed E-state index contributed by atoms with van der Waals surface area (Å²) in [4.78, 5) is 4.26. The average Bonchev–Trinajstić information content (AvgIpc) is 2.80. The minimum Gasteiger partial charge on any atom is -0.306 e. The Morgan fingerprint density at radius 3 is 2.72 bits per heavy atom. The van der Waals surface area contributed by atoms with Gasteiger partial charge >= 0.3 is 0 Å². The largest absolute Gasteiger partial charge is 0.306 e. The topological polar surface area (TPSA) is 42.7 Å². The molecule has 5 heteroatoms. The number of hydrogen-bond donors (Lipinski definition) is 1. The van der Waals surface area contributed by atoms with Crippen molar-refractivity contribution < 1.29 is 0 Å². The van der Waals surface area contributed by atoms with Gasteiger partial charge in [0.1, 0.15) is 12.2 Å². The van der Waals surface area contributed by atoms with Crippen LogP contribution in [0.1, 0.15) is 24.7 Å². The summed E-state index contributed by atoms with van der Waals surface area (Å²) in [6.45, 7) is 4.65. The number of benzene rings is 1. The Balaban J connectivity index is 1.84. The Bertz CT molecular complexity index is 478. The Morgan fingerprint density at radius 1 is 1.22 bits per heavy atom. The van der Waals surface area contributed by atoms with Crippen molar-refractivity contribution >= 4 is 15.9 Å². The van der Waals surface area contributed by atoms with Crippen LogP contribution in [0.2, 0.25) is 0 Å². The number of halogens is 1. The van der Waals surface area contributed by atoms with Crippen molar-refractivity contribution in [3.8, 4) is 0 Å². The quantitative estimate of drug-likeness (QED) is 0.892. The van der Waals surface area contributed by atoms with Crippen LogP contribution in [0.5, 0.6) is 0 Å². The van der Waals surface area contributed by atoms with Gasteiger partial charge in [-0.3, -0.25) is 0 Å². The van der Waals surface area contributed by atoms with Crippen LogP contribution in [-0.4, -0.2) is 14.8 Å². The summed E-state index contributed by atoms with van der Waals surface area (Å²) < 4.78 is 3.06. The van der Waals surface area contributed by atoms with Gasteiger partial charge in [0.15, 0.2) is 0 Å². The van der Waals surface area contributed by atoms with E-state index in [-0.39, 0.29) is 0 Å². The van der Waals surface area contributed by atoms with Crippen LogP contribution in [0.25, 0.3) is 0 Å². The molecule has 2 aromatic rings. The first-order valence-corrected chi connectivity index (χ1v) is 6.90. The average molecular weight is 309 g/mol. The van der Waals surface area contributed by atoms with Gasteiger partial charge in [-0.15, -0.1) is 0 Å². The van der Waals surface area contributed by atoms with E-state index in [9.17, 15) is 0 Å². The summed E-state index contributed by atoms with van der Waals surface area (Å²) in [5.41, 5.74) is 1.26. The van der Waals surface area contributed by atoms with Crippen molar-refractivity contribution in [3.05, 3.63) is 46.5 Å². The molecule has 0 unspecified atom stereocenters. The summed E-state index contributed by atoms with van der Waals surface area (Å²) in [6.07, 6.45) is 2.69. The summed E-state index contributed by atoms with van der Waals surface area (Å²) in [6, 6.07) is 8.31. The van der Waals surface area contributed by atoms with Crippen molar-refractivity contribution in [2.75, 3.05) is 0 Å². The highest BCUT2D eigenvalue weighted by atomic mass is 79.9. The van der Waals surface area contributed by atoms with Gasteiger partial charge < -0.3 is 5.32 Å². The fraction of sp³-hybridized carbons (Fsp3) is 0.385. The molecule has 0 spiro atoms. The van der Waals surface area contributed by atoms with Gasteiger partial charge in [-0.2, -0.15) is 5.10 Å². The molecule has 0 aliphatic carbocycles. The van der Waals surface area contributed by atoms with Crippen LogP contribution >= 0.6 is 15.9 Å². The van der Waals surface area contributed by atoms with E-state index in [0.717, 1.165) is 36.4 Å². The molecule has 1 heterocycles. The minimum absolute atomic E-state index is 0.746. The normalized spacial score (nSPS) is 10.8. The van der Waals surface area contributed by atoms with E-state index in [2.05, 4.69) is 62.5 Å². The van der Waals surface area contributed by atoms with Crippen molar-refractivity contribution in [3.63, 3.8) is 0 Å². The zero-order valence-electron chi connectivity index (χ0n) is 10.4. The lowest BCUT2D eigenvalue weighted by molar-refractivity contribution is 0.542. The third-order valence-corrected chi connectivity index (χ3v) is 3.19. The lowest BCUT2D eigenvalue weighted by Crippen LogP contribution is -2.17. The number of aromatic nitrogens is 3. The first-order valence-electron chi connectivity index (χ1n) is 6.11. The molecule has 0 bridgehead atoms. The third-order valence-electron chi connectivity index (χ3n) is 2.66. The Labute approximate surface area is 116 Å². The molecule has 1 aromatic carbocycles. The highest BCUT2D eigenvalue weighted by Gasteiger charge is 2.02. The number of nitrogens with one attached hydrogen (secondary N) is 1. The maximum atomic E-state index is 4.26. The van der Waals surface area contributed by atoms with Gasteiger partial charge in [0.25, 0.3) is 0 Å². The molecular weight excluding hydrogens is 292 g/mol. The lowest BCUT2D eigenvalue weighted by Gasteiger charge is -2.06. The molecule has 2 rings (SSSR count). The van der Waals surface area contributed by atoms with Crippen LogP contribution in [0.15, 0.2) is 35.1 Å². The zero-order chi connectivity index (χ0) is 12.8. The first-order chi connectivity index (χ1) is 8.79. The van der Waals surface area contributed by atoms with Crippen LogP contribution in [0.4, 0.5) is 0 Å². The predicted molar refractivity (Wildman–Crippen MR) is 75.0 cm³/mol. The molecule has 1 aromatic heterocycles. The Kier molecular flexibility index (Phi) is 4.90. The smallest absolute Gasteiger partial charge is 0.140 e. The number of nitrogens with zero attached hydrogens (tertiary/aromatic N) is 3. The van der Waals surface area contributed by atoms with E-state index in [1.54, 1.807) is 6.33 Å². The van der Waals surface area contributed by atoms with Gasteiger partial charge in [0.05, 0.1) is 6.54 Å². The van der Waals surface area contributed by atoms with Gasteiger partial charge in [-0.1, -0.05) is 35.0 Å². The molecule has 0 amide bonds. The Morgan fingerprint density at radius 2 is 2.00 bits per heavy atom. The fourth-order valence-corrected chi connectivity index (χ4v) is 2.01. The predicted octanol–water partition coefficient (Wildman–Crippen LogP) is 2.74. The molecule has 0 saturated heterocycles. The monoisotopic (exact) mass is 308 g/mol. The third kappa shape index (κ3) is 3.65. The molecule has 0 saturated carbocycles. The summed E-state index contributed by atoms with van der Waals surface area (Å²) in [5.74, 6) is 0.994. The van der Waals surface area contributed by atoms with E-state index in [0.29, 0.717) is 0 Å². The first kappa shape index (κ1) is 13.2. The molecule has 96 valence electrons. The highest BCUT2D eigenvalue weighted by Crippen LogP contribution is 2.10. The van der Waals surface area contributed by atoms with Crippen molar-refractivity contribution in [2.45, 2.75) is 33.0 Å². The lowest BCUT2D eigenvalue weighted by atomic mass is 10.2. The fourth-order valence-electron chi connectivity index (χ4n) is 1.74. The molecule has 0 fully saturated rings. The van der Waals surface area contributed by atoms with Gasteiger partial charge in [-0.05, 0) is 24.1 Å². The second-order valence-corrected chi connectivity index (χ2v) is 5.05. The maximum absolute atomic E-state index is 4.26. The van der Waals surface area contributed by atoms with E-state index >= 15 is 0 Å². The Hall–Kier alpha value is -1.20. The number of hydrogen-bond acceptors (Lipinski definition) is 3. The highest BCUT2D eigenvalue weighted by molar-refractivity contribution is 9.10. The molecule has 0 aliphatic rings. The second-order valence-electron chi connectivity index (χ2n) is 4.13. The van der Waals surface area contributed by atoms with Crippen LogP contribution in [-0.2, 0) is 19.6 Å². The molecule has 0 aliphatic heterocycles. The van der Waals surface area contributed by atoms with E-state index < -0.39 is 0 Å². The van der Waals surface area contributed by atoms with Crippen molar-refractivity contribution in [2.24, 2.45) is 0 Å². The van der Waals surface area contributed by atoms with E-state index in [4.69, 9.17) is 0 Å². The van der Waals surface area contributed by atoms with Crippen LogP contribution in [0.3, 0.4) is 0 Å². The number of rotatable bonds is 6. The van der Waals surface area contributed by atoms with Gasteiger partial charge in [0.2, 0.25) is 0 Å². The molecule has 0 radical (unpaired) electrons. The van der Waals surface area contributed by atoms with Crippen molar-refractivity contribution in [1.82, 2.24) is 20.1 Å². The molecule has 4 nitrogen and oxygen atoms in total. The van der Waals surface area contributed by atoms with E-state index in [1.165, 1.54) is 5.56 Å². The van der Waals surface area contributed by atoms with Crippen LogP contribution in [0, 0.1) is 0 Å². The number of aryl methyl sites for hydroxylation is 1. The van der Waals surface area contributed by atoms with Gasteiger partial charge in [-0.25, -0.2) is 9.67 Å². The molecule has 1 N–H and O–H groups in total. The van der Waals surface area contributed by atoms with Crippen LogP contribution < -0.4 is 5.32 Å². The summed E-state index contributed by atoms with van der Waals surface area (Å²) >= 11 is 3.43. The maximum Gasteiger partial charge on any atom is 0.140 e. The minimum atomic E-state index is 0.746. The zero-order valence-corrected chi connectivity index (χ0v) is 12.0. The summed E-state index contributed by atoms with van der Waals surface area (Å²) in [7, 11) is 0. The molecule has 0 atom stereocenters. The van der Waals surface area contributed by atoms with Crippen molar-refractivity contribution in [1.29, 1.82) is 0 Å². The van der Waals surface area contributed by atoms with E-state index in [1.807, 2.05) is 4.68 Å². The molecule has 18 heavy (non-hydrogen) atoms. The standard InChI is InChI=1S/C13H17BrN4/c1-2-7-18-13(16-10-17-18)9-15-8-11-3-5-12(14)6-4-11/h3-6,10,15H,2,7-9H2,1H3. The van der Waals surface area contributed by atoms with Gasteiger partial charge in [0, 0.05) is 17.6 Å². The second kappa shape index (κ2) is 6.66. The SMILES string of the molecule is CCCn1ncnc1CNCc1ccc(Br)cc1. The summed E-state index contributed by atoms with van der Waals surface area (Å²) in [5, 5.41) is 7.59. The molecular formula is C13H17BrN4.